The molecule has 0 saturated carbocycles. The third-order valence-electron chi connectivity index (χ3n) is 5.75. The van der Waals surface area contributed by atoms with Crippen molar-refractivity contribution < 1.29 is 9.59 Å². The Labute approximate surface area is 282 Å². The average Bonchev–Trinajstić information content (AvgIpc) is 3.02. The first-order valence-corrected chi connectivity index (χ1v) is 16.5. The van der Waals surface area contributed by atoms with Gasteiger partial charge >= 0.3 is 0 Å². The molecular formula is C35H56Cl2N4O2S. The van der Waals surface area contributed by atoms with Crippen molar-refractivity contribution in [3.63, 3.8) is 0 Å². The van der Waals surface area contributed by atoms with Gasteiger partial charge in [-0.05, 0) is 96.0 Å². The lowest BCUT2D eigenvalue weighted by atomic mass is 10.0. The van der Waals surface area contributed by atoms with Gasteiger partial charge in [0.1, 0.15) is 6.29 Å². The maximum atomic E-state index is 11.8. The van der Waals surface area contributed by atoms with Gasteiger partial charge in [0.05, 0.1) is 0 Å². The average molecular weight is 668 g/mol. The van der Waals surface area contributed by atoms with Crippen LogP contribution in [0.4, 0.5) is 5.69 Å². The molecular weight excluding hydrogens is 611 g/mol. The fourth-order valence-electron chi connectivity index (χ4n) is 2.61. The summed E-state index contributed by atoms with van der Waals surface area (Å²) in [7, 11) is 1.74. The summed E-state index contributed by atoms with van der Waals surface area (Å²) in [6, 6.07) is 5.72. The molecule has 0 saturated heterocycles. The molecule has 1 aromatic carbocycles. The molecule has 0 aliphatic rings. The quantitative estimate of drug-likeness (QED) is 0.0602. The number of carbonyl (C=O) groups excluding carboxylic acids is 2. The van der Waals surface area contributed by atoms with Crippen LogP contribution >= 0.6 is 35.0 Å². The van der Waals surface area contributed by atoms with Gasteiger partial charge in [0.2, 0.25) is 6.41 Å². The standard InChI is InChI=1S/C26H32Cl2N2OS.C4H9NO.C3H9N.C2H6/c1-17(2)20(5)21(6)30-13-12-22(15-31)24-14-23(10-11-26(24)29)32-16-18(3)25(28)9-7-8-19(4)27;1-3-5(2)4-6;1-2-3-4;1-2/h7-12,14-15,30H,1,13,16,29H2,2-6H3;4H,3H2,1-2H3;2-4H2,1H3;1-2H3/b9-7-,19-8+,21-20-,22-12+,25-18-;;;. The number of amides is 1. The lowest BCUT2D eigenvalue weighted by Crippen LogP contribution is -2.13. The zero-order valence-corrected chi connectivity index (χ0v) is 30.8. The van der Waals surface area contributed by atoms with Crippen LogP contribution in [0.15, 0.2) is 86.5 Å². The highest BCUT2D eigenvalue weighted by Gasteiger charge is 2.08. The first kappa shape index (κ1) is 45.7. The van der Waals surface area contributed by atoms with Crippen LogP contribution in [-0.4, -0.2) is 50.0 Å². The topological polar surface area (TPSA) is 101 Å². The van der Waals surface area contributed by atoms with Crippen molar-refractivity contribution >= 4 is 58.9 Å². The number of allylic oxidation sites excluding steroid dienone is 9. The number of nitrogens with zero attached hydrogens (tertiary/aromatic N) is 1. The predicted octanol–water partition coefficient (Wildman–Crippen LogP) is 9.09. The number of benzene rings is 1. The Bertz CT molecular complexity index is 1150. The van der Waals surface area contributed by atoms with Crippen molar-refractivity contribution in [3.8, 4) is 0 Å². The molecule has 1 rings (SSSR count). The molecule has 1 amide bonds. The van der Waals surface area contributed by atoms with Crippen molar-refractivity contribution in [1.82, 2.24) is 10.2 Å². The highest BCUT2D eigenvalue weighted by molar-refractivity contribution is 7.99. The summed E-state index contributed by atoms with van der Waals surface area (Å²) >= 11 is 13.8. The normalized spacial score (nSPS) is 12.2. The number of carbonyl (C=O) groups is 2. The minimum Gasteiger partial charge on any atom is -0.398 e. The van der Waals surface area contributed by atoms with E-state index in [1.54, 1.807) is 29.8 Å². The van der Waals surface area contributed by atoms with Gasteiger partial charge in [0, 0.05) is 63.4 Å². The van der Waals surface area contributed by atoms with Crippen LogP contribution in [0.25, 0.3) is 5.57 Å². The highest BCUT2D eigenvalue weighted by Crippen LogP contribution is 2.29. The first-order valence-electron chi connectivity index (χ1n) is 14.8. The molecule has 0 heterocycles. The molecule has 0 spiro atoms. The summed E-state index contributed by atoms with van der Waals surface area (Å²) in [6.45, 7) is 23.8. The van der Waals surface area contributed by atoms with E-state index in [1.165, 1.54) is 0 Å². The Morgan fingerprint density at radius 1 is 1.09 bits per heavy atom. The Morgan fingerprint density at radius 2 is 1.68 bits per heavy atom. The maximum Gasteiger partial charge on any atom is 0.209 e. The minimum atomic E-state index is 0.515. The number of rotatable bonds is 14. The van der Waals surface area contributed by atoms with E-state index >= 15 is 0 Å². The second-order valence-corrected chi connectivity index (χ2v) is 11.5. The molecule has 0 aliphatic carbocycles. The fraction of sp³-hybridized carbons (Fsp3) is 0.429. The SMILES string of the molecule is C=C(C)/C(C)=C(/C)NC/C=C(\C=O)c1cc(SC/C(C)=C(Cl)/C=C\C=C(/C)Cl)ccc1N.CC.CCCN.CCN(C)C=O. The Balaban J connectivity index is -0.00000119. The van der Waals surface area contributed by atoms with E-state index in [-0.39, 0.29) is 0 Å². The maximum absolute atomic E-state index is 11.8. The predicted molar refractivity (Wildman–Crippen MR) is 199 cm³/mol. The number of nitrogens with two attached hydrogens (primary N) is 2. The smallest absolute Gasteiger partial charge is 0.209 e. The Kier molecular flexibility index (Phi) is 30.2. The number of nitrogen functional groups attached to an aromatic ring is 1. The zero-order valence-electron chi connectivity index (χ0n) is 28.5. The summed E-state index contributed by atoms with van der Waals surface area (Å²) in [5, 5.41) is 4.68. The van der Waals surface area contributed by atoms with Crippen LogP contribution in [0.5, 0.6) is 0 Å². The van der Waals surface area contributed by atoms with Gasteiger partial charge in [-0.2, -0.15) is 0 Å². The van der Waals surface area contributed by atoms with E-state index in [0.29, 0.717) is 33.6 Å². The number of anilines is 1. The number of halogens is 2. The third-order valence-corrected chi connectivity index (χ3v) is 7.49. The second-order valence-electron chi connectivity index (χ2n) is 9.43. The van der Waals surface area contributed by atoms with Crippen LogP contribution in [0, 0.1) is 0 Å². The van der Waals surface area contributed by atoms with E-state index in [1.807, 2.05) is 91.8 Å². The number of hydrogen-bond acceptors (Lipinski definition) is 6. The van der Waals surface area contributed by atoms with Gasteiger partial charge in [0.25, 0.3) is 0 Å². The van der Waals surface area contributed by atoms with Gasteiger partial charge in [-0.15, -0.1) is 11.8 Å². The molecule has 0 fully saturated rings. The van der Waals surface area contributed by atoms with Crippen molar-refractivity contribution in [2.24, 2.45) is 5.73 Å². The minimum absolute atomic E-state index is 0.515. The van der Waals surface area contributed by atoms with Crippen molar-refractivity contribution in [2.45, 2.75) is 73.6 Å². The molecule has 0 unspecified atom stereocenters. The van der Waals surface area contributed by atoms with E-state index in [9.17, 15) is 9.59 Å². The lowest BCUT2D eigenvalue weighted by molar-refractivity contribution is -0.116. The molecule has 0 atom stereocenters. The molecule has 9 heteroatoms. The number of nitrogens with one attached hydrogen (secondary N) is 1. The molecule has 6 nitrogen and oxygen atoms in total. The summed E-state index contributed by atoms with van der Waals surface area (Å²) in [6.07, 6.45) is 10.0. The van der Waals surface area contributed by atoms with Crippen LogP contribution in [-0.2, 0) is 9.59 Å². The molecule has 5 N–H and O–H groups in total. The number of aldehydes is 1. The molecule has 0 bridgehead atoms. The molecule has 0 aliphatic heterocycles. The van der Waals surface area contributed by atoms with E-state index in [2.05, 4.69) is 18.8 Å². The molecule has 44 heavy (non-hydrogen) atoms. The molecule has 0 aromatic heterocycles. The van der Waals surface area contributed by atoms with Gasteiger partial charge in [-0.1, -0.05) is 68.3 Å². The van der Waals surface area contributed by atoms with Crippen LogP contribution in [0.3, 0.4) is 0 Å². The summed E-state index contributed by atoms with van der Waals surface area (Å²) in [5.74, 6) is 0.710. The van der Waals surface area contributed by atoms with Crippen molar-refractivity contribution in [1.29, 1.82) is 0 Å². The van der Waals surface area contributed by atoms with Crippen LogP contribution in [0.1, 0.15) is 74.3 Å². The van der Waals surface area contributed by atoms with Gasteiger partial charge in [0.15, 0.2) is 0 Å². The van der Waals surface area contributed by atoms with E-state index in [4.69, 9.17) is 34.7 Å². The number of hydrogen-bond donors (Lipinski definition) is 3. The van der Waals surface area contributed by atoms with Gasteiger partial charge in [-0.25, -0.2) is 0 Å². The molecule has 248 valence electrons. The largest absolute Gasteiger partial charge is 0.398 e. The highest BCUT2D eigenvalue weighted by atomic mass is 35.5. The Hall–Kier alpha value is -2.71. The monoisotopic (exact) mass is 666 g/mol. The fourth-order valence-corrected chi connectivity index (χ4v) is 3.80. The zero-order chi connectivity index (χ0) is 34.7. The van der Waals surface area contributed by atoms with Crippen molar-refractivity contribution in [3.05, 3.63) is 87.1 Å². The Morgan fingerprint density at radius 3 is 2.11 bits per heavy atom. The van der Waals surface area contributed by atoms with Crippen molar-refractivity contribution in [2.75, 3.05) is 38.2 Å². The summed E-state index contributed by atoms with van der Waals surface area (Å²) in [4.78, 5) is 24.0. The third kappa shape index (κ3) is 22.8. The molecule has 0 radical (unpaired) electrons. The van der Waals surface area contributed by atoms with Gasteiger partial charge in [-0.3, -0.25) is 9.59 Å². The van der Waals surface area contributed by atoms with Gasteiger partial charge < -0.3 is 21.7 Å². The van der Waals surface area contributed by atoms with Crippen LogP contribution < -0.4 is 16.8 Å². The summed E-state index contributed by atoms with van der Waals surface area (Å²) < 4.78 is 0. The second kappa shape index (κ2) is 29.0. The van der Waals surface area contributed by atoms with Crippen LogP contribution in [0.2, 0.25) is 0 Å². The number of thioether (sulfide) groups is 1. The van der Waals surface area contributed by atoms with E-state index < -0.39 is 0 Å². The molecule has 1 aromatic rings. The van der Waals surface area contributed by atoms with E-state index in [0.717, 1.165) is 65.1 Å². The summed E-state index contributed by atoms with van der Waals surface area (Å²) in [5.41, 5.74) is 17.2. The first-order chi connectivity index (χ1) is 20.8. The lowest BCUT2D eigenvalue weighted by Gasteiger charge is -2.11.